The molecule has 3 unspecified atom stereocenters. The maximum absolute atomic E-state index is 13.9. The van der Waals surface area contributed by atoms with Crippen LogP contribution in [0, 0.1) is 17.1 Å². The molecule has 1 saturated heterocycles. The van der Waals surface area contributed by atoms with Crippen molar-refractivity contribution in [2.24, 2.45) is 5.73 Å². The summed E-state index contributed by atoms with van der Waals surface area (Å²) in [5.41, 5.74) is 7.94. The van der Waals surface area contributed by atoms with Crippen molar-refractivity contribution in [2.75, 3.05) is 20.2 Å². The summed E-state index contributed by atoms with van der Waals surface area (Å²) in [5, 5.41) is 9.03. The highest BCUT2D eigenvalue weighted by atomic mass is 19.1. The third-order valence-corrected chi connectivity index (χ3v) is 6.35. The lowest BCUT2D eigenvalue weighted by molar-refractivity contribution is 0.0682. The number of methoxy groups -OCH3 is 1. The van der Waals surface area contributed by atoms with Gasteiger partial charge in [-0.25, -0.2) is 4.39 Å². The van der Waals surface area contributed by atoms with Gasteiger partial charge in [0.05, 0.1) is 18.7 Å². The number of benzene rings is 2. The number of hydrogen-bond donors (Lipinski definition) is 1. The fraction of sp³-hybridized carbons (Fsp3) is 0.458. The van der Waals surface area contributed by atoms with Crippen molar-refractivity contribution in [2.45, 2.75) is 49.8 Å². The van der Waals surface area contributed by atoms with Crippen LogP contribution in [0.4, 0.5) is 4.39 Å². The molecule has 2 aromatic carbocycles. The molecule has 2 aromatic rings. The van der Waals surface area contributed by atoms with Crippen molar-refractivity contribution in [3.8, 4) is 17.6 Å². The maximum atomic E-state index is 13.9. The molecule has 1 heterocycles. The number of halogens is 1. The number of likely N-dealkylation sites (tertiary alicyclic amines) is 1. The lowest BCUT2D eigenvalue weighted by Crippen LogP contribution is -2.51. The van der Waals surface area contributed by atoms with E-state index in [9.17, 15) is 4.39 Å². The summed E-state index contributed by atoms with van der Waals surface area (Å²) in [4.78, 5) is 2.46. The van der Waals surface area contributed by atoms with E-state index in [2.05, 4.69) is 11.0 Å². The number of ether oxygens (including phenoxy) is 2. The third-order valence-electron chi connectivity index (χ3n) is 6.35. The molecule has 2 fully saturated rings. The summed E-state index contributed by atoms with van der Waals surface area (Å²) in [7, 11) is 1.49. The largest absolute Gasteiger partial charge is 0.494 e. The highest BCUT2D eigenvalue weighted by Gasteiger charge is 2.41. The van der Waals surface area contributed by atoms with Crippen molar-refractivity contribution in [3.63, 3.8) is 0 Å². The molecule has 2 N–H and O–H groups in total. The fourth-order valence-electron chi connectivity index (χ4n) is 4.81. The molecule has 4 rings (SSSR count). The highest BCUT2D eigenvalue weighted by Crippen LogP contribution is 2.41. The first kappa shape index (κ1) is 20.6. The van der Waals surface area contributed by atoms with E-state index in [1.54, 1.807) is 12.1 Å². The van der Waals surface area contributed by atoms with Crippen LogP contribution in [0.3, 0.4) is 0 Å². The van der Waals surface area contributed by atoms with E-state index in [0.717, 1.165) is 50.1 Å². The van der Waals surface area contributed by atoms with Gasteiger partial charge in [-0.3, -0.25) is 4.90 Å². The van der Waals surface area contributed by atoms with Crippen LogP contribution in [0.25, 0.3) is 0 Å². The van der Waals surface area contributed by atoms with E-state index >= 15 is 0 Å². The fourth-order valence-corrected chi connectivity index (χ4v) is 4.81. The van der Waals surface area contributed by atoms with E-state index in [0.29, 0.717) is 5.56 Å². The molecule has 1 aliphatic heterocycles. The topological polar surface area (TPSA) is 71.5 Å². The van der Waals surface area contributed by atoms with E-state index < -0.39 is 0 Å². The number of nitriles is 1. The van der Waals surface area contributed by atoms with Crippen molar-refractivity contribution in [1.29, 1.82) is 5.26 Å². The first-order valence-electron chi connectivity index (χ1n) is 10.6. The van der Waals surface area contributed by atoms with Gasteiger partial charge in [0.25, 0.3) is 0 Å². The Kier molecular flexibility index (Phi) is 6.21. The second-order valence-electron chi connectivity index (χ2n) is 8.32. The van der Waals surface area contributed by atoms with Gasteiger partial charge in [-0.15, -0.1) is 0 Å². The van der Waals surface area contributed by atoms with E-state index in [1.165, 1.54) is 13.2 Å². The second-order valence-corrected chi connectivity index (χ2v) is 8.32. The van der Waals surface area contributed by atoms with Gasteiger partial charge in [-0.05, 0) is 80.1 Å². The van der Waals surface area contributed by atoms with E-state index in [4.69, 9.17) is 20.5 Å². The van der Waals surface area contributed by atoms with Crippen molar-refractivity contribution >= 4 is 0 Å². The zero-order valence-electron chi connectivity index (χ0n) is 17.3. The smallest absolute Gasteiger partial charge is 0.165 e. The van der Waals surface area contributed by atoms with Crippen LogP contribution in [-0.2, 0) is 0 Å². The molecular weight excluding hydrogens is 381 g/mol. The molecule has 0 bridgehead atoms. The van der Waals surface area contributed by atoms with Crippen LogP contribution in [0.1, 0.15) is 42.7 Å². The SMILES string of the molecule is COc1cc(C2CC(Oc3ccc(C#N)cc3)C(N3CCC[C@H](N)C3)C2)ccc1F. The van der Waals surface area contributed by atoms with Crippen LogP contribution < -0.4 is 15.2 Å². The number of nitrogens with two attached hydrogens (primary N) is 1. The summed E-state index contributed by atoms with van der Waals surface area (Å²) < 4.78 is 25.5. The van der Waals surface area contributed by atoms with Crippen LogP contribution >= 0.6 is 0 Å². The molecule has 30 heavy (non-hydrogen) atoms. The normalized spacial score (nSPS) is 26.9. The molecular formula is C24H28FN3O2. The van der Waals surface area contributed by atoms with E-state index in [1.807, 2.05) is 24.3 Å². The van der Waals surface area contributed by atoms with Gasteiger partial charge >= 0.3 is 0 Å². The van der Waals surface area contributed by atoms with Gasteiger partial charge in [-0.1, -0.05) is 6.07 Å². The highest BCUT2D eigenvalue weighted by molar-refractivity contribution is 5.36. The molecule has 0 aromatic heterocycles. The minimum Gasteiger partial charge on any atom is -0.494 e. The van der Waals surface area contributed by atoms with Gasteiger partial charge in [0.1, 0.15) is 11.9 Å². The monoisotopic (exact) mass is 409 g/mol. The van der Waals surface area contributed by atoms with Crippen molar-refractivity contribution in [3.05, 3.63) is 59.4 Å². The van der Waals surface area contributed by atoms with Crippen LogP contribution in [0.15, 0.2) is 42.5 Å². The Morgan fingerprint density at radius 1 is 1.17 bits per heavy atom. The molecule has 0 amide bonds. The predicted molar refractivity (Wildman–Crippen MR) is 113 cm³/mol. The van der Waals surface area contributed by atoms with Gasteiger partial charge in [0.2, 0.25) is 0 Å². The number of hydrogen-bond acceptors (Lipinski definition) is 5. The summed E-state index contributed by atoms with van der Waals surface area (Å²) in [6.45, 7) is 1.89. The Balaban J connectivity index is 1.57. The van der Waals surface area contributed by atoms with Crippen LogP contribution in [0.5, 0.6) is 11.5 Å². The maximum Gasteiger partial charge on any atom is 0.165 e. The van der Waals surface area contributed by atoms with Crippen molar-refractivity contribution < 1.29 is 13.9 Å². The van der Waals surface area contributed by atoms with Gasteiger partial charge in [0, 0.05) is 18.6 Å². The summed E-state index contributed by atoms with van der Waals surface area (Å²) in [6, 6.07) is 15.0. The molecule has 5 nitrogen and oxygen atoms in total. The van der Waals surface area contributed by atoms with Gasteiger partial charge in [0.15, 0.2) is 11.6 Å². The number of nitrogens with zero attached hydrogens (tertiary/aromatic N) is 2. The summed E-state index contributed by atoms with van der Waals surface area (Å²) >= 11 is 0. The Bertz CT molecular complexity index is 912. The molecule has 1 aliphatic carbocycles. The van der Waals surface area contributed by atoms with Gasteiger partial charge in [-0.2, -0.15) is 5.26 Å². The average molecular weight is 410 g/mol. The minimum absolute atomic E-state index is 0.00397. The first-order chi connectivity index (χ1) is 14.6. The molecule has 0 spiro atoms. The Morgan fingerprint density at radius 3 is 2.67 bits per heavy atom. The second kappa shape index (κ2) is 9.03. The van der Waals surface area contributed by atoms with Gasteiger partial charge < -0.3 is 15.2 Å². The zero-order valence-corrected chi connectivity index (χ0v) is 17.3. The Morgan fingerprint density at radius 2 is 1.97 bits per heavy atom. The lowest BCUT2D eigenvalue weighted by Gasteiger charge is -2.38. The predicted octanol–water partition coefficient (Wildman–Crippen LogP) is 3.82. The molecule has 0 radical (unpaired) electrons. The zero-order chi connectivity index (χ0) is 21.1. The molecule has 2 aliphatic rings. The number of rotatable bonds is 5. The quantitative estimate of drug-likeness (QED) is 0.813. The Labute approximate surface area is 177 Å². The lowest BCUT2D eigenvalue weighted by atomic mass is 9.96. The molecule has 4 atom stereocenters. The average Bonchev–Trinajstić information content (AvgIpc) is 3.18. The molecule has 6 heteroatoms. The van der Waals surface area contributed by atoms with Crippen LogP contribution in [-0.4, -0.2) is 43.3 Å². The minimum atomic E-state index is -0.344. The first-order valence-corrected chi connectivity index (χ1v) is 10.6. The third kappa shape index (κ3) is 4.43. The summed E-state index contributed by atoms with van der Waals surface area (Å²) in [6.07, 6.45) is 3.93. The van der Waals surface area contributed by atoms with E-state index in [-0.39, 0.29) is 35.7 Å². The molecule has 1 saturated carbocycles. The van der Waals surface area contributed by atoms with Crippen molar-refractivity contribution in [1.82, 2.24) is 4.90 Å². The standard InChI is InChI=1S/C24H28FN3O2/c1-29-23-12-17(6-9-21(23)25)18-11-22(28-10-2-3-19(27)15-28)24(13-18)30-20-7-4-16(14-26)5-8-20/h4-9,12,18-19,22,24H,2-3,10-11,13,15,27H2,1H3/t18?,19-,22?,24?/m0/s1. The number of piperidine rings is 1. The Hall–Kier alpha value is -2.62. The molecule has 158 valence electrons. The van der Waals surface area contributed by atoms with Crippen LogP contribution in [0.2, 0.25) is 0 Å². The summed E-state index contributed by atoms with van der Waals surface area (Å²) in [5.74, 6) is 0.956.